The van der Waals surface area contributed by atoms with Gasteiger partial charge in [0.2, 0.25) is 0 Å². The van der Waals surface area contributed by atoms with E-state index in [1.165, 1.54) is 19.1 Å². The van der Waals surface area contributed by atoms with Gasteiger partial charge >= 0.3 is 5.97 Å². The highest BCUT2D eigenvalue weighted by Crippen LogP contribution is 2.16. The van der Waals surface area contributed by atoms with E-state index in [-0.39, 0.29) is 11.1 Å². The molecule has 0 saturated carbocycles. The van der Waals surface area contributed by atoms with E-state index in [9.17, 15) is 9.18 Å². The van der Waals surface area contributed by atoms with Crippen LogP contribution in [0, 0.1) is 12.7 Å². The number of hydrogen-bond donors (Lipinski definition) is 2. The number of rotatable bonds is 4. The van der Waals surface area contributed by atoms with Crippen LogP contribution in [0.15, 0.2) is 12.1 Å². The Morgan fingerprint density at radius 1 is 1.53 bits per heavy atom. The van der Waals surface area contributed by atoms with Gasteiger partial charge in [-0.3, -0.25) is 0 Å². The molecule has 4 heteroatoms. The number of benzene rings is 1. The van der Waals surface area contributed by atoms with Crippen LogP contribution in [0.4, 0.5) is 4.39 Å². The molecular weight excluding hydrogens is 197 g/mol. The van der Waals surface area contributed by atoms with Crippen molar-refractivity contribution in [1.29, 1.82) is 0 Å². The molecule has 0 saturated heterocycles. The molecule has 0 bridgehead atoms. The summed E-state index contributed by atoms with van der Waals surface area (Å²) in [5, 5.41) is 8.85. The van der Waals surface area contributed by atoms with Crippen molar-refractivity contribution in [1.82, 2.24) is 0 Å². The van der Waals surface area contributed by atoms with Gasteiger partial charge in [0.25, 0.3) is 0 Å². The summed E-state index contributed by atoms with van der Waals surface area (Å²) in [6.07, 6.45) is 1.33. The quantitative estimate of drug-likeness (QED) is 0.797. The van der Waals surface area contributed by atoms with Gasteiger partial charge in [-0.05, 0) is 49.6 Å². The zero-order valence-corrected chi connectivity index (χ0v) is 8.59. The third-order valence-electron chi connectivity index (χ3n) is 2.30. The molecule has 0 radical (unpaired) electrons. The fourth-order valence-corrected chi connectivity index (χ4v) is 1.41. The minimum atomic E-state index is -1.10. The Kier molecular flexibility index (Phi) is 3.80. The van der Waals surface area contributed by atoms with Crippen molar-refractivity contribution in [3.05, 3.63) is 34.6 Å². The largest absolute Gasteiger partial charge is 0.478 e. The van der Waals surface area contributed by atoms with Crippen LogP contribution >= 0.6 is 0 Å². The number of aromatic carboxylic acids is 1. The minimum absolute atomic E-state index is 0.0296. The van der Waals surface area contributed by atoms with Crippen LogP contribution in [0.5, 0.6) is 0 Å². The first-order chi connectivity index (χ1) is 7.06. The molecule has 3 nitrogen and oxygen atoms in total. The molecule has 3 N–H and O–H groups in total. The van der Waals surface area contributed by atoms with Gasteiger partial charge in [-0.2, -0.15) is 0 Å². The normalized spacial score (nSPS) is 10.3. The lowest BCUT2D eigenvalue weighted by Crippen LogP contribution is -2.05. The van der Waals surface area contributed by atoms with Gasteiger partial charge in [0.1, 0.15) is 5.82 Å². The topological polar surface area (TPSA) is 63.3 Å². The molecule has 0 aliphatic heterocycles. The number of carbonyl (C=O) groups is 1. The number of nitrogens with two attached hydrogens (primary N) is 1. The smallest absolute Gasteiger partial charge is 0.336 e. The van der Waals surface area contributed by atoms with Gasteiger partial charge in [0.15, 0.2) is 0 Å². The van der Waals surface area contributed by atoms with E-state index in [0.29, 0.717) is 18.5 Å². The number of aryl methyl sites for hydroxylation is 1. The molecule has 0 aromatic heterocycles. The number of halogens is 1. The third kappa shape index (κ3) is 2.76. The minimum Gasteiger partial charge on any atom is -0.478 e. The van der Waals surface area contributed by atoms with Crippen LogP contribution in [0.1, 0.15) is 27.9 Å². The van der Waals surface area contributed by atoms with Gasteiger partial charge in [-0.15, -0.1) is 0 Å². The van der Waals surface area contributed by atoms with Crippen LogP contribution in [0.25, 0.3) is 0 Å². The van der Waals surface area contributed by atoms with Gasteiger partial charge in [0.05, 0.1) is 5.56 Å². The number of carboxylic acid groups (broad SMARTS) is 1. The van der Waals surface area contributed by atoms with Gasteiger partial charge in [-0.25, -0.2) is 9.18 Å². The van der Waals surface area contributed by atoms with Gasteiger partial charge in [0, 0.05) is 0 Å². The molecule has 0 aliphatic rings. The zero-order valence-electron chi connectivity index (χ0n) is 8.59. The van der Waals surface area contributed by atoms with E-state index >= 15 is 0 Å². The maximum atomic E-state index is 13.3. The maximum absolute atomic E-state index is 13.3. The molecule has 1 aromatic rings. The highest BCUT2D eigenvalue weighted by atomic mass is 19.1. The molecule has 0 spiro atoms. The average Bonchev–Trinajstić information content (AvgIpc) is 2.19. The summed E-state index contributed by atoms with van der Waals surface area (Å²) in [6, 6.07) is 2.88. The second-order valence-corrected chi connectivity index (χ2v) is 3.45. The molecule has 0 aliphatic carbocycles. The number of hydrogen-bond acceptors (Lipinski definition) is 2. The second-order valence-electron chi connectivity index (χ2n) is 3.45. The van der Waals surface area contributed by atoms with Crippen LogP contribution in [0.3, 0.4) is 0 Å². The molecule has 82 valence electrons. The first-order valence-electron chi connectivity index (χ1n) is 4.78. The molecule has 15 heavy (non-hydrogen) atoms. The maximum Gasteiger partial charge on any atom is 0.336 e. The highest BCUT2D eigenvalue weighted by Gasteiger charge is 2.12. The van der Waals surface area contributed by atoms with E-state index in [1.54, 1.807) is 0 Å². The van der Waals surface area contributed by atoms with Crippen molar-refractivity contribution in [2.45, 2.75) is 19.8 Å². The monoisotopic (exact) mass is 211 g/mol. The summed E-state index contributed by atoms with van der Waals surface area (Å²) in [7, 11) is 0. The summed E-state index contributed by atoms with van der Waals surface area (Å²) in [6.45, 7) is 1.98. The fraction of sp³-hybridized carbons (Fsp3) is 0.364. The summed E-state index contributed by atoms with van der Waals surface area (Å²) in [5.74, 6) is -1.57. The van der Waals surface area contributed by atoms with E-state index < -0.39 is 11.8 Å². The predicted octanol–water partition coefficient (Wildman–Crippen LogP) is 1.72. The van der Waals surface area contributed by atoms with Crippen LogP contribution < -0.4 is 5.73 Å². The number of carboxylic acids is 1. The Morgan fingerprint density at radius 3 is 2.73 bits per heavy atom. The lowest BCUT2D eigenvalue weighted by atomic mass is 10.0. The fourth-order valence-electron chi connectivity index (χ4n) is 1.41. The van der Waals surface area contributed by atoms with E-state index in [1.807, 2.05) is 0 Å². The second kappa shape index (κ2) is 4.89. The van der Waals surface area contributed by atoms with Crippen molar-refractivity contribution >= 4 is 5.97 Å². The summed E-state index contributed by atoms with van der Waals surface area (Å²) >= 11 is 0. The van der Waals surface area contributed by atoms with Gasteiger partial charge < -0.3 is 10.8 Å². The van der Waals surface area contributed by atoms with Crippen molar-refractivity contribution in [3.8, 4) is 0 Å². The highest BCUT2D eigenvalue weighted by molar-refractivity contribution is 5.89. The lowest BCUT2D eigenvalue weighted by Gasteiger charge is -2.06. The molecule has 1 aromatic carbocycles. The zero-order chi connectivity index (χ0) is 11.4. The van der Waals surface area contributed by atoms with E-state index in [0.717, 1.165) is 6.42 Å². The summed E-state index contributed by atoms with van der Waals surface area (Å²) in [4.78, 5) is 10.8. The standard InChI is InChI=1S/C11H14FNO2/c1-7-9(11(14)15)5-8(3-2-4-13)6-10(7)12/h5-6H,2-4,13H2,1H3,(H,14,15). The molecular formula is C11H14FNO2. The van der Waals surface area contributed by atoms with Crippen molar-refractivity contribution in [2.75, 3.05) is 6.54 Å². The first-order valence-corrected chi connectivity index (χ1v) is 4.78. The Morgan fingerprint density at radius 2 is 2.20 bits per heavy atom. The summed E-state index contributed by atoms with van der Waals surface area (Å²) < 4.78 is 13.3. The average molecular weight is 211 g/mol. The molecule has 0 fully saturated rings. The van der Waals surface area contributed by atoms with Crippen LogP contribution in [-0.2, 0) is 6.42 Å². The van der Waals surface area contributed by atoms with Crippen molar-refractivity contribution in [2.24, 2.45) is 5.73 Å². The van der Waals surface area contributed by atoms with Gasteiger partial charge in [-0.1, -0.05) is 0 Å². The Hall–Kier alpha value is -1.42. The van der Waals surface area contributed by atoms with Crippen molar-refractivity contribution in [3.63, 3.8) is 0 Å². The Labute approximate surface area is 87.7 Å². The predicted molar refractivity (Wildman–Crippen MR) is 55.5 cm³/mol. The van der Waals surface area contributed by atoms with Crippen LogP contribution in [-0.4, -0.2) is 17.6 Å². The van der Waals surface area contributed by atoms with Crippen molar-refractivity contribution < 1.29 is 14.3 Å². The lowest BCUT2D eigenvalue weighted by molar-refractivity contribution is 0.0695. The van der Waals surface area contributed by atoms with E-state index in [2.05, 4.69) is 0 Å². The SMILES string of the molecule is Cc1c(F)cc(CCCN)cc1C(=O)O. The third-order valence-corrected chi connectivity index (χ3v) is 2.30. The first kappa shape index (κ1) is 11.7. The molecule has 0 amide bonds. The molecule has 0 heterocycles. The van der Waals surface area contributed by atoms with E-state index in [4.69, 9.17) is 10.8 Å². The summed E-state index contributed by atoms with van der Waals surface area (Å²) in [5.41, 5.74) is 6.22. The van der Waals surface area contributed by atoms with Crippen LogP contribution in [0.2, 0.25) is 0 Å². The molecule has 1 rings (SSSR count). The Balaban J connectivity index is 3.06. The Bertz CT molecular complexity index is 377. The molecule has 0 atom stereocenters. The molecule has 0 unspecified atom stereocenters.